The standard InChI is InChI=1S/C38H65N7O14/c1-26(48)20-39-32(51)21-41-36(56)28(24-46)45-34(53)23-42-37(57)29(25-47)44-33(52)22-40-30(49)19-18-27(38(58)59)43-31(50)16-14-12-10-8-6-4-2-3-5-7-9-11-13-15-17-35(54)55/h27-29,46-47H,2-25H2,1H3,(H,39,51)(H,40,49)(H,41,56)(H,42,57)(H,43,50)(H,44,52)(H,45,53)(H,54,55)(H,58,59)/t27-,28?,29-/m0/s1. The van der Waals surface area contributed by atoms with E-state index in [1.54, 1.807) is 0 Å². The van der Waals surface area contributed by atoms with Gasteiger partial charge in [-0.25, -0.2) is 4.79 Å². The van der Waals surface area contributed by atoms with Crippen molar-refractivity contribution in [3.63, 3.8) is 0 Å². The maximum absolute atomic E-state index is 12.4. The van der Waals surface area contributed by atoms with Crippen molar-refractivity contribution < 1.29 is 68.4 Å². The molecule has 0 bridgehead atoms. The molecule has 0 radical (unpaired) electrons. The predicted molar refractivity (Wildman–Crippen MR) is 211 cm³/mol. The van der Waals surface area contributed by atoms with Crippen molar-refractivity contribution in [2.24, 2.45) is 0 Å². The molecule has 0 aromatic heterocycles. The van der Waals surface area contributed by atoms with Crippen molar-refractivity contribution in [3.8, 4) is 0 Å². The molecule has 11 N–H and O–H groups in total. The highest BCUT2D eigenvalue weighted by molar-refractivity contribution is 5.94. The van der Waals surface area contributed by atoms with E-state index in [9.17, 15) is 63.3 Å². The van der Waals surface area contributed by atoms with E-state index in [-0.39, 0.29) is 38.0 Å². The number of amides is 7. The molecule has 21 heteroatoms. The van der Waals surface area contributed by atoms with E-state index >= 15 is 0 Å². The maximum Gasteiger partial charge on any atom is 0.326 e. The average molecular weight is 844 g/mol. The molecule has 0 heterocycles. The Labute approximate surface area is 344 Å². The van der Waals surface area contributed by atoms with Crippen LogP contribution >= 0.6 is 0 Å². The summed E-state index contributed by atoms with van der Waals surface area (Å²) in [6.45, 7) is -2.69. The topological polar surface area (TPSA) is 336 Å². The molecule has 0 saturated heterocycles. The van der Waals surface area contributed by atoms with Crippen LogP contribution in [0.1, 0.15) is 122 Å². The fourth-order valence-electron chi connectivity index (χ4n) is 5.50. The summed E-state index contributed by atoms with van der Waals surface area (Å²) in [4.78, 5) is 118. The monoisotopic (exact) mass is 843 g/mol. The Morgan fingerprint density at radius 3 is 1.19 bits per heavy atom. The number of carbonyl (C=O) groups is 10. The molecular weight excluding hydrogens is 778 g/mol. The number of hydrogen-bond acceptors (Lipinski definition) is 12. The van der Waals surface area contributed by atoms with Crippen LogP contribution in [-0.4, -0.2) is 137 Å². The summed E-state index contributed by atoms with van der Waals surface area (Å²) in [5.41, 5.74) is 0. The first-order chi connectivity index (χ1) is 28.1. The molecular formula is C38H65N7O14. The number of aliphatic hydroxyl groups excluding tert-OH is 2. The first-order valence-corrected chi connectivity index (χ1v) is 20.2. The Bertz CT molecular complexity index is 1360. The van der Waals surface area contributed by atoms with Crippen molar-refractivity contribution in [1.29, 1.82) is 0 Å². The van der Waals surface area contributed by atoms with E-state index in [2.05, 4.69) is 37.2 Å². The lowest BCUT2D eigenvalue weighted by atomic mass is 10.0. The van der Waals surface area contributed by atoms with Gasteiger partial charge in [0.2, 0.25) is 41.4 Å². The van der Waals surface area contributed by atoms with Gasteiger partial charge < -0.3 is 57.6 Å². The smallest absolute Gasteiger partial charge is 0.326 e. The second-order valence-corrected chi connectivity index (χ2v) is 14.1. The molecule has 0 saturated carbocycles. The lowest BCUT2D eigenvalue weighted by Crippen LogP contribution is -2.55. The molecule has 21 nitrogen and oxygen atoms in total. The zero-order valence-electron chi connectivity index (χ0n) is 34.1. The average Bonchev–Trinajstić information content (AvgIpc) is 3.19. The summed E-state index contributed by atoms with van der Waals surface area (Å²) >= 11 is 0. The van der Waals surface area contributed by atoms with E-state index in [1.165, 1.54) is 32.6 Å². The van der Waals surface area contributed by atoms with Gasteiger partial charge in [0.1, 0.15) is 23.9 Å². The first kappa shape index (κ1) is 53.8. The zero-order valence-corrected chi connectivity index (χ0v) is 34.1. The Kier molecular flexibility index (Phi) is 30.8. The summed E-state index contributed by atoms with van der Waals surface area (Å²) in [7, 11) is 0. The molecule has 336 valence electrons. The van der Waals surface area contributed by atoms with Crippen molar-refractivity contribution in [3.05, 3.63) is 0 Å². The fraction of sp³-hybridized carbons (Fsp3) is 0.737. The first-order valence-electron chi connectivity index (χ1n) is 20.2. The molecule has 0 spiro atoms. The van der Waals surface area contributed by atoms with Gasteiger partial charge in [-0.2, -0.15) is 0 Å². The molecule has 7 amide bonds. The molecule has 1 unspecified atom stereocenters. The lowest BCUT2D eigenvalue weighted by molar-refractivity contribution is -0.142. The number of Topliss-reactive ketones (excluding diaryl/α,β-unsaturated/α-hetero) is 1. The van der Waals surface area contributed by atoms with Crippen LogP contribution in [0.25, 0.3) is 0 Å². The summed E-state index contributed by atoms with van der Waals surface area (Å²) in [5.74, 6) is -8.02. The van der Waals surface area contributed by atoms with E-state index in [4.69, 9.17) is 5.11 Å². The summed E-state index contributed by atoms with van der Waals surface area (Å²) in [6.07, 6.45) is 14.1. The molecule has 59 heavy (non-hydrogen) atoms. The normalized spacial score (nSPS) is 12.2. The molecule has 0 aliphatic carbocycles. The summed E-state index contributed by atoms with van der Waals surface area (Å²) < 4.78 is 0. The lowest BCUT2D eigenvalue weighted by Gasteiger charge is -2.18. The molecule has 0 aromatic rings. The Morgan fingerprint density at radius 2 is 0.780 bits per heavy atom. The largest absolute Gasteiger partial charge is 0.481 e. The van der Waals surface area contributed by atoms with Gasteiger partial charge in [0.25, 0.3) is 0 Å². The number of carboxylic acid groups (broad SMARTS) is 2. The van der Waals surface area contributed by atoms with Gasteiger partial charge in [-0.05, 0) is 26.2 Å². The van der Waals surface area contributed by atoms with Gasteiger partial charge in [-0.15, -0.1) is 0 Å². The number of hydrogen-bond donors (Lipinski definition) is 11. The van der Waals surface area contributed by atoms with Crippen LogP contribution in [0.5, 0.6) is 0 Å². The second-order valence-electron chi connectivity index (χ2n) is 14.1. The van der Waals surface area contributed by atoms with Crippen molar-refractivity contribution in [1.82, 2.24) is 37.2 Å². The van der Waals surface area contributed by atoms with Crippen LogP contribution in [0, 0.1) is 0 Å². The SMILES string of the molecule is CC(=O)CNC(=O)CNC(=O)C(CO)NC(=O)CNC(=O)[C@H](CO)NC(=O)CNC(=O)CC[C@H](NC(=O)CCCCCCCCCCCCCCCCC(=O)O)C(=O)O. The molecule has 3 atom stereocenters. The van der Waals surface area contributed by atoms with Crippen LogP contribution in [0.15, 0.2) is 0 Å². The van der Waals surface area contributed by atoms with Crippen LogP contribution in [0.3, 0.4) is 0 Å². The highest BCUT2D eigenvalue weighted by atomic mass is 16.4. The van der Waals surface area contributed by atoms with E-state index in [0.29, 0.717) is 6.42 Å². The molecule has 0 aromatic carbocycles. The predicted octanol–water partition coefficient (Wildman–Crippen LogP) is -1.33. The van der Waals surface area contributed by atoms with E-state index < -0.39 is 104 Å². The van der Waals surface area contributed by atoms with Crippen LogP contribution in [-0.2, 0) is 47.9 Å². The summed E-state index contributed by atoms with van der Waals surface area (Å²) in [5, 5.41) is 52.6. The number of aliphatic hydroxyl groups is 2. The number of ketones is 1. The number of unbranched alkanes of at least 4 members (excludes halogenated alkanes) is 13. The highest BCUT2D eigenvalue weighted by Crippen LogP contribution is 2.14. The van der Waals surface area contributed by atoms with E-state index in [0.717, 1.165) is 57.8 Å². The van der Waals surface area contributed by atoms with Crippen LogP contribution < -0.4 is 37.2 Å². The molecule has 0 aliphatic heterocycles. The third kappa shape index (κ3) is 30.6. The maximum atomic E-state index is 12.4. The fourth-order valence-corrected chi connectivity index (χ4v) is 5.50. The number of nitrogens with one attached hydrogen (secondary N) is 7. The zero-order chi connectivity index (χ0) is 44.4. The number of rotatable bonds is 36. The van der Waals surface area contributed by atoms with Gasteiger partial charge in [0.15, 0.2) is 0 Å². The van der Waals surface area contributed by atoms with Crippen molar-refractivity contribution in [2.75, 3.05) is 39.4 Å². The van der Waals surface area contributed by atoms with Gasteiger partial charge in [0.05, 0.1) is 39.4 Å². The Hall–Kier alpha value is -5.18. The van der Waals surface area contributed by atoms with Crippen molar-refractivity contribution >= 4 is 59.1 Å². The van der Waals surface area contributed by atoms with Gasteiger partial charge in [-0.1, -0.05) is 77.0 Å². The number of aliphatic carboxylic acids is 2. The summed E-state index contributed by atoms with van der Waals surface area (Å²) in [6, 6.07) is -4.37. The third-order valence-electron chi connectivity index (χ3n) is 8.83. The number of carbonyl (C=O) groups excluding carboxylic acids is 8. The quantitative estimate of drug-likeness (QED) is 0.0326. The second kappa shape index (κ2) is 33.8. The van der Waals surface area contributed by atoms with Crippen LogP contribution in [0.4, 0.5) is 0 Å². The number of carboxylic acids is 2. The third-order valence-corrected chi connectivity index (χ3v) is 8.83. The molecule has 0 fully saturated rings. The molecule has 0 rings (SSSR count). The van der Waals surface area contributed by atoms with Gasteiger partial charge >= 0.3 is 11.9 Å². The molecule has 0 aliphatic rings. The Morgan fingerprint density at radius 1 is 0.407 bits per heavy atom. The van der Waals surface area contributed by atoms with Gasteiger partial charge in [-0.3, -0.25) is 43.2 Å². The minimum Gasteiger partial charge on any atom is -0.481 e. The minimum atomic E-state index is -1.55. The minimum absolute atomic E-state index is 0.142. The highest BCUT2D eigenvalue weighted by Gasteiger charge is 2.24. The van der Waals surface area contributed by atoms with Gasteiger partial charge in [0, 0.05) is 19.3 Å². The van der Waals surface area contributed by atoms with Crippen LogP contribution in [0.2, 0.25) is 0 Å². The van der Waals surface area contributed by atoms with E-state index in [1.807, 2.05) is 0 Å². The van der Waals surface area contributed by atoms with Crippen molar-refractivity contribution in [2.45, 2.75) is 141 Å². The Balaban J connectivity index is 4.28.